The monoisotopic (exact) mass is 409 g/mol. The predicted molar refractivity (Wildman–Crippen MR) is 111 cm³/mol. The van der Waals surface area contributed by atoms with Gasteiger partial charge in [-0.05, 0) is 67.9 Å². The SMILES string of the molecule is CC#Cc1cc(C)c(C2C(=O)CC3(CCN(C(=O)C(=O)OC)CC3)CC2=O)c(C)c1. The van der Waals surface area contributed by atoms with E-state index < -0.39 is 23.2 Å². The Labute approximate surface area is 177 Å². The molecule has 6 nitrogen and oxygen atoms in total. The first kappa shape index (κ1) is 21.8. The van der Waals surface area contributed by atoms with E-state index in [1.807, 2.05) is 26.0 Å². The minimum absolute atomic E-state index is 0.0560. The fourth-order valence-corrected chi connectivity index (χ4v) is 4.91. The number of piperidine rings is 1. The normalized spacial score (nSPS) is 18.7. The van der Waals surface area contributed by atoms with Crippen LogP contribution in [0.2, 0.25) is 0 Å². The summed E-state index contributed by atoms with van der Waals surface area (Å²) in [7, 11) is 1.18. The number of esters is 1. The number of carbonyl (C=O) groups is 4. The van der Waals surface area contributed by atoms with Crippen LogP contribution in [0.1, 0.15) is 60.8 Å². The van der Waals surface area contributed by atoms with Gasteiger partial charge in [0.1, 0.15) is 17.5 Å². The van der Waals surface area contributed by atoms with E-state index in [1.54, 1.807) is 6.92 Å². The molecule has 1 aromatic carbocycles. The first-order valence-corrected chi connectivity index (χ1v) is 10.2. The fourth-order valence-electron chi connectivity index (χ4n) is 4.91. The lowest BCUT2D eigenvalue weighted by Crippen LogP contribution is -2.49. The van der Waals surface area contributed by atoms with E-state index >= 15 is 0 Å². The molecule has 1 aromatic rings. The zero-order chi connectivity index (χ0) is 22.1. The van der Waals surface area contributed by atoms with Crippen molar-refractivity contribution in [2.75, 3.05) is 20.2 Å². The van der Waals surface area contributed by atoms with Crippen molar-refractivity contribution in [2.24, 2.45) is 5.41 Å². The number of likely N-dealkylation sites (tertiary alicyclic amines) is 1. The third kappa shape index (κ3) is 4.02. The number of amides is 1. The molecule has 30 heavy (non-hydrogen) atoms. The highest BCUT2D eigenvalue weighted by Crippen LogP contribution is 2.46. The number of ketones is 2. The van der Waals surface area contributed by atoms with Gasteiger partial charge in [-0.2, -0.15) is 0 Å². The molecule has 0 aromatic heterocycles. The second-order valence-corrected chi connectivity index (χ2v) is 8.40. The summed E-state index contributed by atoms with van der Waals surface area (Å²) < 4.78 is 4.50. The molecule has 3 rings (SSSR count). The Kier molecular flexibility index (Phi) is 6.12. The summed E-state index contributed by atoms with van der Waals surface area (Å²) in [5, 5.41) is 0. The molecule has 2 fully saturated rings. The summed E-state index contributed by atoms with van der Waals surface area (Å²) in [5.74, 6) is 3.51. The van der Waals surface area contributed by atoms with E-state index in [2.05, 4.69) is 16.6 Å². The van der Waals surface area contributed by atoms with Gasteiger partial charge in [0.05, 0.1) is 7.11 Å². The summed E-state index contributed by atoms with van der Waals surface area (Å²) in [4.78, 5) is 51.3. The third-order valence-corrected chi connectivity index (χ3v) is 6.37. The van der Waals surface area contributed by atoms with Crippen molar-refractivity contribution in [3.8, 4) is 11.8 Å². The Morgan fingerprint density at radius 1 is 1.07 bits per heavy atom. The Hall–Kier alpha value is -2.94. The molecule has 158 valence electrons. The number of hydrogen-bond acceptors (Lipinski definition) is 5. The van der Waals surface area contributed by atoms with E-state index in [4.69, 9.17) is 0 Å². The average Bonchev–Trinajstić information content (AvgIpc) is 2.69. The van der Waals surface area contributed by atoms with Crippen molar-refractivity contribution in [3.05, 3.63) is 34.4 Å². The molecule has 1 saturated carbocycles. The highest BCUT2D eigenvalue weighted by Gasteiger charge is 2.48. The standard InChI is InChI=1S/C24H27NO5/c1-5-6-17-11-15(2)20(16(3)12-17)21-18(26)13-24(14-19(21)27)7-9-25(10-8-24)22(28)23(29)30-4/h11-12,21H,7-10,13-14H2,1-4H3. The van der Waals surface area contributed by atoms with Crippen molar-refractivity contribution in [2.45, 2.75) is 52.4 Å². The molecule has 6 heteroatoms. The molecule has 1 spiro atoms. The maximum Gasteiger partial charge on any atom is 0.396 e. The van der Waals surface area contributed by atoms with E-state index in [-0.39, 0.29) is 11.6 Å². The van der Waals surface area contributed by atoms with Gasteiger partial charge in [0.2, 0.25) is 0 Å². The van der Waals surface area contributed by atoms with Crippen molar-refractivity contribution in [3.63, 3.8) is 0 Å². The van der Waals surface area contributed by atoms with Crippen LogP contribution in [0.25, 0.3) is 0 Å². The Balaban J connectivity index is 1.78. The van der Waals surface area contributed by atoms with E-state index in [0.29, 0.717) is 38.8 Å². The number of methoxy groups -OCH3 is 1. The molecule has 0 N–H and O–H groups in total. The molecule has 1 saturated heterocycles. The first-order chi connectivity index (χ1) is 14.2. The van der Waals surface area contributed by atoms with Crippen LogP contribution in [-0.2, 0) is 23.9 Å². The van der Waals surface area contributed by atoms with Crippen LogP contribution in [0.3, 0.4) is 0 Å². The van der Waals surface area contributed by atoms with Gasteiger partial charge in [-0.15, -0.1) is 5.92 Å². The third-order valence-electron chi connectivity index (χ3n) is 6.37. The second-order valence-electron chi connectivity index (χ2n) is 8.40. The number of hydrogen-bond donors (Lipinski definition) is 0. The lowest BCUT2D eigenvalue weighted by Gasteiger charge is -2.44. The quantitative estimate of drug-likeness (QED) is 0.308. The molecule has 0 unspecified atom stereocenters. The topological polar surface area (TPSA) is 80.8 Å². The van der Waals surface area contributed by atoms with Crippen molar-refractivity contribution < 1.29 is 23.9 Å². The highest BCUT2D eigenvalue weighted by molar-refractivity contribution is 6.32. The average molecular weight is 409 g/mol. The van der Waals surface area contributed by atoms with Gasteiger partial charge in [0, 0.05) is 31.5 Å². The number of carbonyl (C=O) groups excluding carboxylic acids is 4. The fraction of sp³-hybridized carbons (Fsp3) is 0.500. The summed E-state index contributed by atoms with van der Waals surface area (Å²) in [6.07, 6.45) is 1.70. The zero-order valence-electron chi connectivity index (χ0n) is 18.0. The zero-order valence-corrected chi connectivity index (χ0v) is 18.0. The Bertz CT molecular complexity index is 930. The maximum atomic E-state index is 13.2. The Morgan fingerprint density at radius 2 is 1.60 bits per heavy atom. The molecule has 1 aliphatic carbocycles. The number of aryl methyl sites for hydroxylation is 2. The molecular formula is C24H27NO5. The number of nitrogens with zero attached hydrogens (tertiary/aromatic N) is 1. The Morgan fingerprint density at radius 3 is 2.07 bits per heavy atom. The minimum atomic E-state index is -0.885. The molecule has 1 aliphatic heterocycles. The molecular weight excluding hydrogens is 382 g/mol. The van der Waals surface area contributed by atoms with Crippen molar-refractivity contribution >= 4 is 23.4 Å². The molecule has 0 radical (unpaired) electrons. The molecule has 2 aliphatic rings. The molecule has 1 amide bonds. The summed E-state index contributed by atoms with van der Waals surface area (Å²) in [5.41, 5.74) is 3.08. The van der Waals surface area contributed by atoms with Crippen LogP contribution in [0.4, 0.5) is 0 Å². The molecule has 1 heterocycles. The van der Waals surface area contributed by atoms with Gasteiger partial charge in [0.25, 0.3) is 0 Å². The highest BCUT2D eigenvalue weighted by atomic mass is 16.5. The van der Waals surface area contributed by atoms with E-state index in [1.165, 1.54) is 12.0 Å². The largest absolute Gasteiger partial charge is 0.462 e. The van der Waals surface area contributed by atoms with Gasteiger partial charge < -0.3 is 9.64 Å². The van der Waals surface area contributed by atoms with Gasteiger partial charge in [-0.1, -0.05) is 5.92 Å². The maximum absolute atomic E-state index is 13.2. The van der Waals surface area contributed by atoms with Gasteiger partial charge >= 0.3 is 11.9 Å². The van der Waals surface area contributed by atoms with Crippen LogP contribution >= 0.6 is 0 Å². The lowest BCUT2D eigenvalue weighted by atomic mass is 9.62. The van der Waals surface area contributed by atoms with Crippen molar-refractivity contribution in [1.29, 1.82) is 0 Å². The van der Waals surface area contributed by atoms with Gasteiger partial charge in [0.15, 0.2) is 0 Å². The van der Waals surface area contributed by atoms with E-state index in [0.717, 1.165) is 22.3 Å². The van der Waals surface area contributed by atoms with Gasteiger partial charge in [-0.3, -0.25) is 14.4 Å². The lowest BCUT2D eigenvalue weighted by molar-refractivity contribution is -0.160. The smallest absolute Gasteiger partial charge is 0.396 e. The second kappa shape index (κ2) is 8.43. The summed E-state index contributed by atoms with van der Waals surface area (Å²) in [6, 6.07) is 3.86. The van der Waals surface area contributed by atoms with Crippen LogP contribution in [0.15, 0.2) is 12.1 Å². The number of ether oxygens (including phenoxy) is 1. The number of benzene rings is 1. The number of Topliss-reactive ketones (excluding diaryl/α,β-unsaturated/α-hetero) is 2. The van der Waals surface area contributed by atoms with Crippen molar-refractivity contribution in [1.82, 2.24) is 4.90 Å². The summed E-state index contributed by atoms with van der Waals surface area (Å²) in [6.45, 7) is 6.31. The molecule has 0 bridgehead atoms. The molecule has 0 atom stereocenters. The predicted octanol–water partition coefficient (Wildman–Crippen LogP) is 2.47. The van der Waals surface area contributed by atoms with Gasteiger partial charge in [-0.25, -0.2) is 4.79 Å². The van der Waals surface area contributed by atoms with Crippen LogP contribution in [0, 0.1) is 31.1 Å². The van der Waals surface area contributed by atoms with Crippen LogP contribution in [-0.4, -0.2) is 48.5 Å². The number of rotatable bonds is 1. The van der Waals surface area contributed by atoms with Crippen LogP contribution < -0.4 is 0 Å². The van der Waals surface area contributed by atoms with Crippen LogP contribution in [0.5, 0.6) is 0 Å². The van der Waals surface area contributed by atoms with E-state index in [9.17, 15) is 19.2 Å². The summed E-state index contributed by atoms with van der Waals surface area (Å²) >= 11 is 0. The minimum Gasteiger partial charge on any atom is -0.462 e. The first-order valence-electron chi connectivity index (χ1n) is 10.2.